The highest BCUT2D eigenvalue weighted by atomic mass is 15.2. The van der Waals surface area contributed by atoms with Gasteiger partial charge in [0.2, 0.25) is 0 Å². The van der Waals surface area contributed by atoms with Gasteiger partial charge < -0.3 is 10.6 Å². The van der Waals surface area contributed by atoms with Crippen LogP contribution in [0.3, 0.4) is 0 Å². The van der Waals surface area contributed by atoms with Gasteiger partial charge in [-0.2, -0.15) is 0 Å². The molecular formula is C34H50N4. The predicted octanol–water partition coefficient (Wildman–Crippen LogP) is 8.60. The van der Waals surface area contributed by atoms with Crippen LogP contribution in [0.25, 0.3) is 0 Å². The van der Waals surface area contributed by atoms with Gasteiger partial charge in [-0.15, -0.1) is 0 Å². The number of pyridine rings is 1. The van der Waals surface area contributed by atoms with Crippen molar-refractivity contribution >= 4 is 11.4 Å². The number of nitrogens with one attached hydrogen (secondary N) is 2. The maximum atomic E-state index is 4.62. The van der Waals surface area contributed by atoms with Crippen molar-refractivity contribution in [3.63, 3.8) is 0 Å². The molecule has 4 nitrogen and oxygen atoms in total. The normalized spacial score (nSPS) is 11.8. The predicted molar refractivity (Wildman–Crippen MR) is 166 cm³/mol. The molecule has 0 unspecified atom stereocenters. The maximum Gasteiger partial charge on any atom is 0.0543 e. The molecule has 0 saturated carbocycles. The highest BCUT2D eigenvalue weighted by Gasteiger charge is 2.16. The topological polar surface area (TPSA) is 40.2 Å². The van der Waals surface area contributed by atoms with Crippen LogP contribution < -0.4 is 10.6 Å². The van der Waals surface area contributed by atoms with E-state index in [0.29, 0.717) is 23.7 Å². The Hall–Kier alpha value is -2.85. The molecule has 0 fully saturated rings. The summed E-state index contributed by atoms with van der Waals surface area (Å²) in [4.78, 5) is 7.13. The fraction of sp³-hybridized carbons (Fsp3) is 0.500. The van der Waals surface area contributed by atoms with Crippen LogP contribution in [0.4, 0.5) is 11.4 Å². The van der Waals surface area contributed by atoms with Crippen LogP contribution in [-0.2, 0) is 6.54 Å². The average Bonchev–Trinajstić information content (AvgIpc) is 2.88. The van der Waals surface area contributed by atoms with E-state index in [1.54, 1.807) is 0 Å². The summed E-state index contributed by atoms with van der Waals surface area (Å²) in [6.07, 6.45) is 1.89. The molecule has 3 rings (SSSR count). The molecule has 0 amide bonds. The van der Waals surface area contributed by atoms with Crippen LogP contribution in [0.5, 0.6) is 0 Å². The van der Waals surface area contributed by atoms with Crippen LogP contribution in [0, 0.1) is 0 Å². The van der Waals surface area contributed by atoms with Crippen molar-refractivity contribution in [3.05, 3.63) is 88.7 Å². The third-order valence-corrected chi connectivity index (χ3v) is 7.32. The van der Waals surface area contributed by atoms with E-state index in [1.807, 2.05) is 12.3 Å². The van der Waals surface area contributed by atoms with Crippen LogP contribution in [0.1, 0.15) is 107 Å². The zero-order valence-electron chi connectivity index (χ0n) is 25.0. The Morgan fingerprint density at radius 1 is 0.579 bits per heavy atom. The minimum atomic E-state index is 0.487. The van der Waals surface area contributed by atoms with Gasteiger partial charge in [-0.1, -0.05) is 97.9 Å². The fourth-order valence-electron chi connectivity index (χ4n) is 5.18. The lowest BCUT2D eigenvalue weighted by Crippen LogP contribution is -2.33. The Balaban J connectivity index is 1.74. The van der Waals surface area contributed by atoms with Crippen LogP contribution >= 0.6 is 0 Å². The largest absolute Gasteiger partial charge is 0.383 e. The highest BCUT2D eigenvalue weighted by molar-refractivity contribution is 5.61. The molecule has 0 radical (unpaired) electrons. The molecule has 0 aliphatic carbocycles. The molecule has 0 aliphatic rings. The van der Waals surface area contributed by atoms with Crippen molar-refractivity contribution in [2.45, 2.75) is 85.6 Å². The highest BCUT2D eigenvalue weighted by Crippen LogP contribution is 2.33. The van der Waals surface area contributed by atoms with Gasteiger partial charge in [-0.3, -0.25) is 9.88 Å². The molecule has 0 atom stereocenters. The summed E-state index contributed by atoms with van der Waals surface area (Å²) in [5, 5.41) is 7.67. The Morgan fingerprint density at radius 2 is 1.00 bits per heavy atom. The molecular weight excluding hydrogens is 464 g/mol. The quantitative estimate of drug-likeness (QED) is 0.226. The van der Waals surface area contributed by atoms with Crippen LogP contribution in [0.15, 0.2) is 60.8 Å². The number of hydrogen-bond acceptors (Lipinski definition) is 4. The van der Waals surface area contributed by atoms with E-state index < -0.39 is 0 Å². The molecule has 0 saturated heterocycles. The lowest BCUT2D eigenvalue weighted by atomic mass is 9.92. The van der Waals surface area contributed by atoms with Crippen molar-refractivity contribution in [1.29, 1.82) is 0 Å². The number of nitrogens with zero attached hydrogens (tertiary/aromatic N) is 2. The summed E-state index contributed by atoms with van der Waals surface area (Å²) in [7, 11) is 0. The second kappa shape index (κ2) is 14.3. The summed E-state index contributed by atoms with van der Waals surface area (Å²) < 4.78 is 0. The van der Waals surface area contributed by atoms with Gasteiger partial charge in [0, 0.05) is 50.3 Å². The van der Waals surface area contributed by atoms with E-state index in [9.17, 15) is 0 Å². The Kier molecular flexibility index (Phi) is 11.2. The smallest absolute Gasteiger partial charge is 0.0543 e. The standard InChI is InChI=1S/C34H50N4/c1-24(2)29-14-11-15-30(25(3)4)33(29)36-19-21-38(23-28-13-9-10-18-35-28)22-20-37-34-31(26(5)6)16-12-17-32(34)27(7)8/h9-18,24-27,36-37H,19-23H2,1-8H3. The third kappa shape index (κ3) is 8.07. The van der Waals surface area contributed by atoms with E-state index in [4.69, 9.17) is 0 Å². The molecule has 1 heterocycles. The SMILES string of the molecule is CC(C)c1cccc(C(C)C)c1NCCN(CCNc1c(C(C)C)cccc1C(C)C)Cc1ccccn1. The number of benzene rings is 2. The Morgan fingerprint density at radius 3 is 1.34 bits per heavy atom. The van der Waals surface area contributed by atoms with Crippen molar-refractivity contribution in [2.75, 3.05) is 36.8 Å². The molecule has 0 bridgehead atoms. The van der Waals surface area contributed by atoms with E-state index in [1.165, 1.54) is 33.6 Å². The number of para-hydroxylation sites is 2. The van der Waals surface area contributed by atoms with Gasteiger partial charge in [0.15, 0.2) is 0 Å². The molecule has 206 valence electrons. The molecule has 2 N–H and O–H groups in total. The Labute approximate surface area is 232 Å². The molecule has 1 aromatic heterocycles. The first kappa shape index (κ1) is 29.7. The molecule has 2 aromatic carbocycles. The Bertz CT molecular complexity index is 997. The lowest BCUT2D eigenvalue weighted by Gasteiger charge is -2.26. The number of aromatic nitrogens is 1. The molecule has 4 heteroatoms. The minimum absolute atomic E-state index is 0.487. The van der Waals surface area contributed by atoms with Crippen molar-refractivity contribution in [1.82, 2.24) is 9.88 Å². The number of anilines is 2. The minimum Gasteiger partial charge on any atom is -0.383 e. The van der Waals surface area contributed by atoms with Gasteiger partial charge in [-0.25, -0.2) is 0 Å². The van der Waals surface area contributed by atoms with Crippen LogP contribution in [0.2, 0.25) is 0 Å². The molecule has 0 spiro atoms. The second-order valence-corrected chi connectivity index (χ2v) is 11.7. The van der Waals surface area contributed by atoms with Gasteiger partial charge in [0.05, 0.1) is 5.69 Å². The van der Waals surface area contributed by atoms with Gasteiger partial charge >= 0.3 is 0 Å². The average molecular weight is 515 g/mol. The molecule has 3 aromatic rings. The van der Waals surface area contributed by atoms with Crippen molar-refractivity contribution in [3.8, 4) is 0 Å². The van der Waals surface area contributed by atoms with E-state index >= 15 is 0 Å². The van der Waals surface area contributed by atoms with Crippen molar-refractivity contribution < 1.29 is 0 Å². The van der Waals surface area contributed by atoms with Gasteiger partial charge in [0.25, 0.3) is 0 Å². The maximum absolute atomic E-state index is 4.62. The summed E-state index contributed by atoms with van der Waals surface area (Å²) in [5.41, 5.74) is 9.37. The molecule has 0 aliphatic heterocycles. The van der Waals surface area contributed by atoms with E-state index in [0.717, 1.165) is 38.4 Å². The summed E-state index contributed by atoms with van der Waals surface area (Å²) in [6.45, 7) is 22.8. The van der Waals surface area contributed by atoms with Crippen LogP contribution in [-0.4, -0.2) is 36.1 Å². The van der Waals surface area contributed by atoms with Gasteiger partial charge in [-0.05, 0) is 58.1 Å². The zero-order chi connectivity index (χ0) is 27.7. The fourth-order valence-corrected chi connectivity index (χ4v) is 5.18. The zero-order valence-corrected chi connectivity index (χ0v) is 25.0. The first-order valence-corrected chi connectivity index (χ1v) is 14.5. The summed E-state index contributed by atoms with van der Waals surface area (Å²) in [5.74, 6) is 1.95. The third-order valence-electron chi connectivity index (χ3n) is 7.32. The van der Waals surface area contributed by atoms with Crippen molar-refractivity contribution in [2.24, 2.45) is 0 Å². The first-order chi connectivity index (χ1) is 18.2. The lowest BCUT2D eigenvalue weighted by molar-refractivity contribution is 0.283. The summed E-state index contributed by atoms with van der Waals surface area (Å²) >= 11 is 0. The van der Waals surface area contributed by atoms with E-state index in [-0.39, 0.29) is 0 Å². The number of hydrogen-bond donors (Lipinski definition) is 2. The molecule has 38 heavy (non-hydrogen) atoms. The van der Waals surface area contributed by atoms with E-state index in [2.05, 4.69) is 124 Å². The number of rotatable bonds is 14. The summed E-state index contributed by atoms with van der Waals surface area (Å²) in [6, 6.07) is 19.7. The monoisotopic (exact) mass is 514 g/mol. The van der Waals surface area contributed by atoms with Gasteiger partial charge in [0.1, 0.15) is 0 Å². The first-order valence-electron chi connectivity index (χ1n) is 14.5. The second-order valence-electron chi connectivity index (χ2n) is 11.7.